The van der Waals surface area contributed by atoms with Crippen LogP contribution in [0.1, 0.15) is 90.0 Å². The van der Waals surface area contributed by atoms with Gasteiger partial charge in [-0.05, 0) is 34.0 Å². The van der Waals surface area contributed by atoms with Crippen LogP contribution in [0.2, 0.25) is 0 Å². The van der Waals surface area contributed by atoms with Crippen molar-refractivity contribution >= 4 is 49.8 Å². The van der Waals surface area contributed by atoms with Gasteiger partial charge in [-0.25, -0.2) is 87.8 Å². The predicted octanol–water partition coefficient (Wildman–Crippen LogP) is 13.3. The summed E-state index contributed by atoms with van der Waals surface area (Å²) in [6, 6.07) is 0. The number of hydrogen-bond acceptors (Lipinski definition) is 1. The monoisotopic (exact) mass is 1060 g/mol. The molecule has 0 bridgehead atoms. The van der Waals surface area contributed by atoms with E-state index < -0.39 is 150 Å². The van der Waals surface area contributed by atoms with Crippen molar-refractivity contribution in [2.45, 2.75) is 124 Å². The molecule has 4 aromatic carbocycles. The highest BCUT2D eigenvalue weighted by Crippen LogP contribution is 2.50. The Morgan fingerprint density at radius 3 is 0.449 bits per heavy atom. The molecule has 0 spiro atoms. The number of aliphatic carboxylic acids is 1. The van der Waals surface area contributed by atoms with Gasteiger partial charge in [0.25, 0.3) is 5.97 Å². The molecule has 1 N–H and O–H groups in total. The van der Waals surface area contributed by atoms with E-state index in [0.29, 0.717) is 0 Å². The molecule has 0 fully saturated rings. The average Bonchev–Trinajstić information content (AvgIpc) is 3.22. The van der Waals surface area contributed by atoms with Gasteiger partial charge in [0, 0.05) is 6.92 Å². The topological polar surface area (TPSA) is 37.3 Å². The van der Waals surface area contributed by atoms with Crippen LogP contribution in [0.25, 0.3) is 0 Å². The second kappa shape index (κ2) is 24.8. The van der Waals surface area contributed by atoms with Crippen molar-refractivity contribution < 1.29 is 97.7 Å². The molecule has 0 unspecified atom stereocenters. The molecule has 0 aromatic heterocycles. The average molecular weight is 1060 g/mol. The fourth-order valence-electron chi connectivity index (χ4n) is 8.45. The number of carboxylic acid groups (broad SMARTS) is 1. The van der Waals surface area contributed by atoms with Crippen LogP contribution in [0.4, 0.5) is 87.8 Å². The van der Waals surface area contributed by atoms with Crippen LogP contribution in [0.3, 0.4) is 0 Å². The molecule has 4 aromatic rings. The minimum Gasteiger partial charge on any atom is -0.481 e. The van der Waals surface area contributed by atoms with Gasteiger partial charge < -0.3 is 5.11 Å². The van der Waals surface area contributed by atoms with Crippen LogP contribution < -0.4 is 21.9 Å². The summed E-state index contributed by atoms with van der Waals surface area (Å²) in [6.07, 6.45) is -7.22. The minimum atomic E-state index is -7.22. The first-order chi connectivity index (χ1) is 31.4. The molecule has 0 saturated carbocycles. The zero-order valence-corrected chi connectivity index (χ0v) is 40.6. The highest BCUT2D eigenvalue weighted by Gasteiger charge is 2.52. The Hall–Kier alpha value is -4.13. The van der Waals surface area contributed by atoms with Crippen molar-refractivity contribution in [1.82, 2.24) is 0 Å². The van der Waals surface area contributed by atoms with Gasteiger partial charge in [0.05, 0.1) is 0 Å². The number of carbonyl (C=O) groups is 1. The van der Waals surface area contributed by atoms with Crippen LogP contribution in [-0.2, 0) is 4.79 Å². The highest BCUT2D eigenvalue weighted by molar-refractivity contribution is 7.60. The van der Waals surface area contributed by atoms with Gasteiger partial charge in [-0.3, -0.25) is 4.79 Å². The zero-order chi connectivity index (χ0) is 54.6. The Morgan fingerprint density at radius 2 is 0.377 bits per heavy atom. The standard InChI is InChI=1S/C24BF20.2C9H21P.C2H4O2/c26-5-1(6(27)14(35)21(42)13(5)34)25(2-7(28)15(36)22(43)16(37)8(2)29,3-9(30)17(38)23(44)18(39)10(3)31)4-11(32)19(40)24(45)20(41)12(4)33;2*1-7(2)10(8(3)4)9(5)6;1-2(3)4/h;2*7-9H,1-6H3;1H3,(H,3,4)/q-1;;;. The quantitative estimate of drug-likeness (QED) is 0.0565. The maximum atomic E-state index is 15.4. The molecule has 388 valence electrons. The maximum absolute atomic E-state index is 15.4. The van der Waals surface area contributed by atoms with Gasteiger partial charge in [-0.2, -0.15) is 0 Å². The lowest BCUT2D eigenvalue weighted by atomic mass is 9.12. The second-order valence-corrected chi connectivity index (χ2v) is 24.8. The van der Waals surface area contributed by atoms with E-state index in [0.717, 1.165) is 40.9 Å². The molecule has 0 heterocycles. The van der Waals surface area contributed by atoms with E-state index in [1.54, 1.807) is 0 Å². The molecule has 0 aliphatic heterocycles. The van der Waals surface area contributed by atoms with Gasteiger partial charge >= 0.3 is 0 Å². The number of carboxylic acids is 1. The molecule has 25 heteroatoms. The summed E-state index contributed by atoms with van der Waals surface area (Å²) in [7, 11) is 0.525. The minimum absolute atomic E-state index is 0.262. The molecular weight excluding hydrogens is 1010 g/mol. The van der Waals surface area contributed by atoms with Gasteiger partial charge in [0.15, 0.2) is 69.8 Å². The maximum Gasteiger partial charge on any atom is 0.300 e. The van der Waals surface area contributed by atoms with Gasteiger partial charge in [-0.15, -0.1) is 21.9 Å². The van der Waals surface area contributed by atoms with Crippen LogP contribution in [0.5, 0.6) is 0 Å². The summed E-state index contributed by atoms with van der Waals surface area (Å²) in [5.41, 5.74) is -8.94. The fraction of sp³-hybridized carbons (Fsp3) is 0.432. The molecule has 0 saturated heterocycles. The normalized spacial score (nSPS) is 11.8. The summed E-state index contributed by atoms with van der Waals surface area (Å²) in [6.45, 7) is 29.3. The first kappa shape index (κ1) is 62.9. The largest absolute Gasteiger partial charge is 0.481 e. The molecular formula is C44H46BF20O2P2-. The smallest absolute Gasteiger partial charge is 0.300 e. The van der Waals surface area contributed by atoms with Crippen molar-refractivity contribution in [3.63, 3.8) is 0 Å². The van der Waals surface area contributed by atoms with E-state index in [1.807, 2.05) is 0 Å². The Bertz CT molecular complexity index is 2050. The third-order valence-corrected chi connectivity index (χ3v) is 17.4. The van der Waals surface area contributed by atoms with E-state index >= 15 is 35.1 Å². The second-order valence-electron chi connectivity index (χ2n) is 16.8. The van der Waals surface area contributed by atoms with E-state index in [9.17, 15) is 52.7 Å². The predicted molar refractivity (Wildman–Crippen MR) is 227 cm³/mol. The first-order valence-electron chi connectivity index (χ1n) is 20.3. The molecule has 0 atom stereocenters. The lowest BCUT2D eigenvalue weighted by Gasteiger charge is -2.44. The third kappa shape index (κ3) is 12.5. The lowest BCUT2D eigenvalue weighted by Crippen LogP contribution is -2.81. The van der Waals surface area contributed by atoms with Crippen molar-refractivity contribution in [2.75, 3.05) is 0 Å². The van der Waals surface area contributed by atoms with Crippen LogP contribution in [0, 0.1) is 116 Å². The molecule has 0 aliphatic carbocycles. The molecule has 2 nitrogen and oxygen atoms in total. The van der Waals surface area contributed by atoms with Crippen molar-refractivity contribution in [3.05, 3.63) is 116 Å². The molecule has 0 radical (unpaired) electrons. The number of rotatable bonds is 10. The van der Waals surface area contributed by atoms with E-state index in [4.69, 9.17) is 9.90 Å². The van der Waals surface area contributed by atoms with E-state index in [2.05, 4.69) is 83.1 Å². The summed E-state index contributed by atoms with van der Waals surface area (Å²) < 4.78 is 294. The van der Waals surface area contributed by atoms with Crippen LogP contribution >= 0.6 is 15.8 Å². The molecule has 69 heavy (non-hydrogen) atoms. The van der Waals surface area contributed by atoms with Gasteiger partial charge in [-0.1, -0.05) is 98.9 Å². The Kier molecular flexibility index (Phi) is 22.6. The fourth-order valence-corrected chi connectivity index (χ4v) is 15.6. The Labute approximate surface area is 387 Å². The number of hydrogen-bond donors (Lipinski definition) is 1. The van der Waals surface area contributed by atoms with Gasteiger partial charge in [0.2, 0.25) is 0 Å². The van der Waals surface area contributed by atoms with Crippen molar-refractivity contribution in [2.24, 2.45) is 0 Å². The first-order valence-corrected chi connectivity index (χ1v) is 23.4. The molecule has 0 amide bonds. The lowest BCUT2D eigenvalue weighted by molar-refractivity contribution is -0.134. The zero-order valence-electron chi connectivity index (χ0n) is 38.9. The highest BCUT2D eigenvalue weighted by atomic mass is 31.1. The summed E-state index contributed by atoms with van der Waals surface area (Å²) in [5.74, 6) is -72.2. The van der Waals surface area contributed by atoms with Crippen LogP contribution in [-0.4, -0.2) is 51.2 Å². The molecule has 0 aliphatic rings. The SMILES string of the molecule is CC(=O)O.CC(C)P(C(C)C)C(C)C.CC(C)P(C(C)C)C(C)C.Fc1c(F)c(F)c([B-](c2c(F)c(F)c(F)c(F)c2F)(c2c(F)c(F)c(F)c(F)c2F)c2c(F)c(F)c(F)c(F)c2F)c(F)c1F. The van der Waals surface area contributed by atoms with E-state index in [-0.39, 0.29) is 15.8 Å². The van der Waals surface area contributed by atoms with Crippen molar-refractivity contribution in [1.29, 1.82) is 0 Å². The van der Waals surface area contributed by atoms with E-state index in [1.165, 1.54) is 0 Å². The Morgan fingerprint density at radius 1 is 0.290 bits per heavy atom. The summed E-state index contributed by atoms with van der Waals surface area (Å²) in [4.78, 5) is 9.00. The summed E-state index contributed by atoms with van der Waals surface area (Å²) >= 11 is 0. The number of benzene rings is 4. The summed E-state index contributed by atoms with van der Waals surface area (Å²) in [5, 5.41) is 7.42. The Balaban J connectivity index is 0.000000811. The van der Waals surface area contributed by atoms with Gasteiger partial charge in [0.1, 0.15) is 52.7 Å². The molecule has 4 rings (SSSR count). The number of halogens is 20. The van der Waals surface area contributed by atoms with Crippen LogP contribution in [0.15, 0.2) is 0 Å². The third-order valence-electron chi connectivity index (χ3n) is 10.3. The van der Waals surface area contributed by atoms with Crippen molar-refractivity contribution in [3.8, 4) is 0 Å².